The predicted octanol–water partition coefficient (Wildman–Crippen LogP) is 1.78. The van der Waals surface area contributed by atoms with Crippen LogP contribution in [0.5, 0.6) is 0 Å². The van der Waals surface area contributed by atoms with Crippen LogP contribution >= 0.6 is 0 Å². The first-order valence-corrected chi connectivity index (χ1v) is 6.51. The number of rotatable bonds is 2. The Labute approximate surface area is 105 Å². The van der Waals surface area contributed by atoms with Crippen molar-refractivity contribution in [2.75, 3.05) is 19.6 Å². The molecule has 3 nitrogen and oxygen atoms in total. The lowest BCUT2D eigenvalue weighted by atomic mass is 10.1. The zero-order valence-corrected chi connectivity index (χ0v) is 11.3. The van der Waals surface area contributed by atoms with Crippen molar-refractivity contribution >= 4 is 5.91 Å². The number of hydrogen-bond acceptors (Lipinski definition) is 2. The van der Waals surface area contributed by atoms with Crippen molar-refractivity contribution in [3.63, 3.8) is 0 Å². The van der Waals surface area contributed by atoms with Crippen molar-refractivity contribution < 1.29 is 4.79 Å². The number of carbonyl (C=O) groups excluding carboxylic acids is 1. The number of piperidine rings is 1. The monoisotopic (exact) mass is 236 g/mol. The molecule has 1 aliphatic rings. The van der Waals surface area contributed by atoms with Gasteiger partial charge in [0.05, 0.1) is 0 Å². The topological polar surface area (TPSA) is 32.3 Å². The van der Waals surface area contributed by atoms with Crippen LogP contribution in [0.1, 0.15) is 46.5 Å². The highest BCUT2D eigenvalue weighted by molar-refractivity contribution is 5.93. The number of hydrogen-bond donors (Lipinski definition) is 1. The second kappa shape index (κ2) is 6.66. The molecule has 0 radical (unpaired) electrons. The van der Waals surface area contributed by atoms with Crippen molar-refractivity contribution in [1.29, 1.82) is 0 Å². The van der Waals surface area contributed by atoms with E-state index in [0.717, 1.165) is 13.0 Å². The summed E-state index contributed by atoms with van der Waals surface area (Å²) in [6.07, 6.45) is 4.75. The van der Waals surface area contributed by atoms with Crippen molar-refractivity contribution in [2.24, 2.45) is 0 Å². The lowest BCUT2D eigenvalue weighted by Crippen LogP contribution is -2.39. The molecule has 1 amide bonds. The van der Waals surface area contributed by atoms with Crippen LogP contribution in [0.15, 0.2) is 0 Å². The van der Waals surface area contributed by atoms with Gasteiger partial charge in [-0.25, -0.2) is 0 Å². The van der Waals surface area contributed by atoms with Gasteiger partial charge in [-0.15, -0.1) is 0 Å². The third kappa shape index (κ3) is 7.01. The van der Waals surface area contributed by atoms with E-state index in [4.69, 9.17) is 0 Å². The van der Waals surface area contributed by atoms with Crippen LogP contribution in [0, 0.1) is 11.8 Å². The number of carbonyl (C=O) groups is 1. The molecule has 1 saturated heterocycles. The molecule has 0 unspecified atom stereocenters. The van der Waals surface area contributed by atoms with Gasteiger partial charge in [0.1, 0.15) is 0 Å². The maximum absolute atomic E-state index is 11.4. The van der Waals surface area contributed by atoms with E-state index in [1.165, 1.54) is 32.4 Å². The Morgan fingerprint density at radius 3 is 2.47 bits per heavy atom. The van der Waals surface area contributed by atoms with Gasteiger partial charge in [0, 0.05) is 18.5 Å². The minimum atomic E-state index is -0.196. The maximum atomic E-state index is 11.4. The van der Waals surface area contributed by atoms with Crippen molar-refractivity contribution in [2.45, 2.75) is 52.0 Å². The molecule has 0 atom stereocenters. The fraction of sp³-hybridized carbons (Fsp3) is 0.786. The molecule has 17 heavy (non-hydrogen) atoms. The Morgan fingerprint density at radius 2 is 1.88 bits per heavy atom. The number of amides is 1. The smallest absolute Gasteiger partial charge is 0.296 e. The zero-order chi connectivity index (χ0) is 12.7. The molecular formula is C14H24N2O. The molecule has 1 N–H and O–H groups in total. The number of likely N-dealkylation sites (tertiary alicyclic amines) is 1. The van der Waals surface area contributed by atoms with Crippen LogP contribution in [0.2, 0.25) is 0 Å². The summed E-state index contributed by atoms with van der Waals surface area (Å²) in [6.45, 7) is 9.25. The second-order valence-corrected chi connectivity index (χ2v) is 5.66. The van der Waals surface area contributed by atoms with Gasteiger partial charge >= 0.3 is 0 Å². The van der Waals surface area contributed by atoms with E-state index >= 15 is 0 Å². The van der Waals surface area contributed by atoms with E-state index in [1.54, 1.807) is 0 Å². The lowest BCUT2D eigenvalue weighted by molar-refractivity contribution is -0.117. The van der Waals surface area contributed by atoms with Crippen LogP contribution in [0.4, 0.5) is 0 Å². The molecule has 0 spiro atoms. The first-order chi connectivity index (χ1) is 7.97. The fourth-order valence-electron chi connectivity index (χ4n) is 1.91. The fourth-order valence-corrected chi connectivity index (χ4v) is 1.91. The summed E-state index contributed by atoms with van der Waals surface area (Å²) in [6, 6.07) is 0. The van der Waals surface area contributed by atoms with E-state index in [-0.39, 0.29) is 11.4 Å². The molecule has 1 rings (SSSR count). The molecule has 0 aliphatic carbocycles. The average Bonchev–Trinajstić information content (AvgIpc) is 2.23. The Kier molecular flexibility index (Phi) is 5.50. The summed E-state index contributed by atoms with van der Waals surface area (Å²) < 4.78 is 0. The van der Waals surface area contributed by atoms with Gasteiger partial charge in [-0.1, -0.05) is 12.3 Å². The van der Waals surface area contributed by atoms with Gasteiger partial charge in [0.2, 0.25) is 0 Å². The molecule has 1 fully saturated rings. The van der Waals surface area contributed by atoms with E-state index in [1.807, 2.05) is 20.8 Å². The number of nitrogens with zero attached hydrogens (tertiary/aromatic N) is 1. The summed E-state index contributed by atoms with van der Waals surface area (Å²) in [4.78, 5) is 13.8. The zero-order valence-electron chi connectivity index (χ0n) is 11.3. The summed E-state index contributed by atoms with van der Waals surface area (Å²) in [5, 5.41) is 2.83. The van der Waals surface area contributed by atoms with Crippen LogP contribution in [-0.2, 0) is 4.79 Å². The van der Waals surface area contributed by atoms with Crippen LogP contribution < -0.4 is 5.32 Å². The van der Waals surface area contributed by atoms with Gasteiger partial charge in [-0.2, -0.15) is 0 Å². The normalized spacial score (nSPS) is 17.1. The first-order valence-electron chi connectivity index (χ1n) is 6.51. The van der Waals surface area contributed by atoms with Gasteiger partial charge in [0.15, 0.2) is 0 Å². The SMILES string of the molecule is CC(C)(C)NC(=O)C#CCCN1CCCCC1. The quantitative estimate of drug-likeness (QED) is 0.741. The Balaban J connectivity index is 2.19. The molecule has 1 aliphatic heterocycles. The Hall–Kier alpha value is -1.01. The van der Waals surface area contributed by atoms with Crippen LogP contribution in [0.3, 0.4) is 0 Å². The third-order valence-electron chi connectivity index (χ3n) is 2.69. The summed E-state index contributed by atoms with van der Waals surface area (Å²) in [5.41, 5.74) is -0.196. The molecule has 0 saturated carbocycles. The summed E-state index contributed by atoms with van der Waals surface area (Å²) in [7, 11) is 0. The standard InChI is InChI=1S/C14H24N2O/c1-14(2,3)15-13(17)9-5-8-12-16-10-6-4-7-11-16/h4,6-8,10-12H2,1-3H3,(H,15,17). The highest BCUT2D eigenvalue weighted by Crippen LogP contribution is 2.08. The predicted molar refractivity (Wildman–Crippen MR) is 70.6 cm³/mol. The molecule has 0 aromatic carbocycles. The van der Waals surface area contributed by atoms with Crippen molar-refractivity contribution in [1.82, 2.24) is 10.2 Å². The van der Waals surface area contributed by atoms with E-state index < -0.39 is 0 Å². The van der Waals surface area contributed by atoms with Crippen LogP contribution in [0.25, 0.3) is 0 Å². The van der Waals surface area contributed by atoms with Crippen molar-refractivity contribution in [3.05, 3.63) is 0 Å². The molecular weight excluding hydrogens is 212 g/mol. The molecule has 96 valence electrons. The van der Waals surface area contributed by atoms with E-state index in [9.17, 15) is 4.79 Å². The lowest BCUT2D eigenvalue weighted by Gasteiger charge is -2.25. The third-order valence-corrected chi connectivity index (χ3v) is 2.69. The molecule has 0 bridgehead atoms. The van der Waals surface area contributed by atoms with Gasteiger partial charge in [-0.05, 0) is 52.6 Å². The molecule has 3 heteroatoms. The minimum Gasteiger partial charge on any atom is -0.341 e. The largest absolute Gasteiger partial charge is 0.341 e. The summed E-state index contributed by atoms with van der Waals surface area (Å²) in [5.74, 6) is 5.43. The highest BCUT2D eigenvalue weighted by atomic mass is 16.1. The van der Waals surface area contributed by atoms with E-state index in [0.29, 0.717) is 0 Å². The Bertz CT molecular complexity index is 300. The second-order valence-electron chi connectivity index (χ2n) is 5.66. The van der Waals surface area contributed by atoms with Crippen molar-refractivity contribution in [3.8, 4) is 11.8 Å². The van der Waals surface area contributed by atoms with Gasteiger partial charge in [-0.3, -0.25) is 4.79 Å². The first kappa shape index (κ1) is 14.1. The van der Waals surface area contributed by atoms with Crippen LogP contribution in [-0.4, -0.2) is 36.0 Å². The minimum absolute atomic E-state index is 0.170. The maximum Gasteiger partial charge on any atom is 0.296 e. The van der Waals surface area contributed by atoms with Gasteiger partial charge < -0.3 is 10.2 Å². The van der Waals surface area contributed by atoms with Gasteiger partial charge in [0.25, 0.3) is 5.91 Å². The Morgan fingerprint density at radius 1 is 1.24 bits per heavy atom. The molecule has 1 heterocycles. The summed E-state index contributed by atoms with van der Waals surface area (Å²) >= 11 is 0. The highest BCUT2D eigenvalue weighted by Gasteiger charge is 2.11. The number of nitrogens with one attached hydrogen (secondary N) is 1. The molecule has 0 aromatic rings. The van der Waals surface area contributed by atoms with E-state index in [2.05, 4.69) is 22.1 Å². The molecule has 0 aromatic heterocycles. The average molecular weight is 236 g/mol.